The van der Waals surface area contributed by atoms with Crippen LogP contribution in [0.2, 0.25) is 0 Å². The van der Waals surface area contributed by atoms with Gasteiger partial charge in [-0.25, -0.2) is 8.42 Å². The summed E-state index contributed by atoms with van der Waals surface area (Å²) in [6.45, 7) is 0.922. The number of rotatable bonds is 2. The van der Waals surface area contributed by atoms with E-state index in [4.69, 9.17) is 5.73 Å². The molecule has 3 rings (SSSR count). The molecule has 0 aromatic heterocycles. The van der Waals surface area contributed by atoms with Crippen LogP contribution in [-0.4, -0.2) is 31.9 Å². The molecule has 1 saturated heterocycles. The first-order valence-corrected chi connectivity index (χ1v) is 7.76. The van der Waals surface area contributed by atoms with Gasteiger partial charge < -0.3 is 5.73 Å². The first kappa shape index (κ1) is 12.6. The number of hydrogen-bond acceptors (Lipinski definition) is 3. The fourth-order valence-corrected chi connectivity index (χ4v) is 4.00. The number of benzene rings is 2. The zero-order valence-electron chi connectivity index (χ0n) is 10.5. The molecule has 1 heterocycles. The number of fused-ring (bicyclic) bond motifs is 1. The zero-order valence-corrected chi connectivity index (χ0v) is 11.3. The Morgan fingerprint density at radius 2 is 1.84 bits per heavy atom. The summed E-state index contributed by atoms with van der Waals surface area (Å²) in [5, 5.41) is 1.98. The molecule has 4 nitrogen and oxygen atoms in total. The minimum absolute atomic E-state index is 0.0461. The largest absolute Gasteiger partial charge is 0.326 e. The van der Waals surface area contributed by atoms with Gasteiger partial charge in [-0.2, -0.15) is 4.31 Å². The smallest absolute Gasteiger partial charge is 0.243 e. The van der Waals surface area contributed by atoms with Crippen molar-refractivity contribution in [2.75, 3.05) is 13.1 Å². The summed E-state index contributed by atoms with van der Waals surface area (Å²) >= 11 is 0. The lowest BCUT2D eigenvalue weighted by atomic mass is 10.1. The van der Waals surface area contributed by atoms with Crippen molar-refractivity contribution >= 4 is 20.8 Å². The average Bonchev–Trinajstić information content (AvgIpc) is 2.85. The summed E-state index contributed by atoms with van der Waals surface area (Å²) < 4.78 is 26.5. The van der Waals surface area contributed by atoms with Gasteiger partial charge in [-0.05, 0) is 29.3 Å². The molecule has 0 aliphatic carbocycles. The van der Waals surface area contributed by atoms with Crippen molar-refractivity contribution in [1.29, 1.82) is 0 Å². The summed E-state index contributed by atoms with van der Waals surface area (Å²) in [6, 6.07) is 12.9. The van der Waals surface area contributed by atoms with Crippen LogP contribution in [-0.2, 0) is 10.0 Å². The van der Waals surface area contributed by atoms with Gasteiger partial charge in [0.1, 0.15) is 0 Å². The molecule has 0 radical (unpaired) electrons. The summed E-state index contributed by atoms with van der Waals surface area (Å²) in [6.07, 6.45) is 0.729. The van der Waals surface area contributed by atoms with Crippen molar-refractivity contribution in [2.24, 2.45) is 5.73 Å². The van der Waals surface area contributed by atoms with Crippen LogP contribution >= 0.6 is 0 Å². The molecule has 1 fully saturated rings. The third-order valence-electron chi connectivity index (χ3n) is 3.55. The summed E-state index contributed by atoms with van der Waals surface area (Å²) in [5.41, 5.74) is 5.78. The van der Waals surface area contributed by atoms with E-state index in [1.165, 1.54) is 4.31 Å². The predicted molar refractivity (Wildman–Crippen MR) is 75.3 cm³/mol. The standard InChI is InChI=1S/C14H16N2O2S/c15-13-7-8-16(10-13)19(17,18)14-6-5-11-3-1-2-4-12(11)9-14/h1-6,9,13H,7-8,10,15H2/t13-/m1/s1. The van der Waals surface area contributed by atoms with E-state index in [9.17, 15) is 8.42 Å². The lowest BCUT2D eigenvalue weighted by Gasteiger charge is -2.16. The molecule has 1 aliphatic heterocycles. The molecular formula is C14H16N2O2S. The van der Waals surface area contributed by atoms with E-state index in [0.29, 0.717) is 18.0 Å². The van der Waals surface area contributed by atoms with Crippen molar-refractivity contribution < 1.29 is 8.42 Å². The Bertz CT molecular complexity index is 712. The van der Waals surface area contributed by atoms with Gasteiger partial charge in [0.2, 0.25) is 10.0 Å². The lowest BCUT2D eigenvalue weighted by Crippen LogP contribution is -2.31. The minimum atomic E-state index is -3.41. The van der Waals surface area contributed by atoms with E-state index in [1.54, 1.807) is 12.1 Å². The van der Waals surface area contributed by atoms with E-state index < -0.39 is 10.0 Å². The molecule has 100 valence electrons. The van der Waals surface area contributed by atoms with E-state index in [-0.39, 0.29) is 6.04 Å². The Hall–Kier alpha value is -1.43. The highest BCUT2D eigenvalue weighted by atomic mass is 32.2. The monoisotopic (exact) mass is 276 g/mol. The molecule has 0 unspecified atom stereocenters. The molecule has 19 heavy (non-hydrogen) atoms. The van der Waals surface area contributed by atoms with Crippen LogP contribution in [0.25, 0.3) is 10.8 Å². The second-order valence-electron chi connectivity index (χ2n) is 4.92. The SMILES string of the molecule is N[C@@H]1CCN(S(=O)(=O)c2ccc3ccccc3c2)C1. The molecule has 1 aliphatic rings. The van der Waals surface area contributed by atoms with E-state index in [1.807, 2.05) is 30.3 Å². The van der Waals surface area contributed by atoms with Gasteiger partial charge in [0.25, 0.3) is 0 Å². The van der Waals surface area contributed by atoms with Crippen LogP contribution < -0.4 is 5.73 Å². The summed E-state index contributed by atoms with van der Waals surface area (Å²) in [7, 11) is -3.41. The maximum Gasteiger partial charge on any atom is 0.243 e. The average molecular weight is 276 g/mol. The summed E-state index contributed by atoms with van der Waals surface area (Å²) in [4.78, 5) is 0.348. The van der Waals surface area contributed by atoms with E-state index in [2.05, 4.69) is 0 Å². The van der Waals surface area contributed by atoms with Crippen molar-refractivity contribution in [3.8, 4) is 0 Å². The Kier molecular flexibility index (Phi) is 3.05. The maximum absolute atomic E-state index is 12.5. The lowest BCUT2D eigenvalue weighted by molar-refractivity contribution is 0.472. The Labute approximate surface area is 112 Å². The second-order valence-corrected chi connectivity index (χ2v) is 6.86. The number of nitrogens with zero attached hydrogens (tertiary/aromatic N) is 1. The molecular weight excluding hydrogens is 260 g/mol. The molecule has 5 heteroatoms. The number of sulfonamides is 1. The van der Waals surface area contributed by atoms with E-state index >= 15 is 0 Å². The molecule has 2 N–H and O–H groups in total. The van der Waals surface area contributed by atoms with Gasteiger partial charge in [0, 0.05) is 19.1 Å². The van der Waals surface area contributed by atoms with Gasteiger partial charge >= 0.3 is 0 Å². The number of nitrogens with two attached hydrogens (primary N) is 1. The fraction of sp³-hybridized carbons (Fsp3) is 0.286. The molecule has 2 aromatic carbocycles. The summed E-state index contributed by atoms with van der Waals surface area (Å²) in [5.74, 6) is 0. The quantitative estimate of drug-likeness (QED) is 0.905. The van der Waals surface area contributed by atoms with Crippen LogP contribution in [0.5, 0.6) is 0 Å². The molecule has 0 saturated carbocycles. The molecule has 0 spiro atoms. The van der Waals surface area contributed by atoms with Crippen molar-refractivity contribution in [3.05, 3.63) is 42.5 Å². The topological polar surface area (TPSA) is 63.4 Å². The van der Waals surface area contributed by atoms with Gasteiger partial charge in [-0.3, -0.25) is 0 Å². The second kappa shape index (κ2) is 4.59. The highest BCUT2D eigenvalue weighted by Gasteiger charge is 2.30. The van der Waals surface area contributed by atoms with Crippen LogP contribution in [0, 0.1) is 0 Å². The van der Waals surface area contributed by atoms with Crippen LogP contribution in [0.3, 0.4) is 0 Å². The van der Waals surface area contributed by atoms with Gasteiger partial charge in [0.15, 0.2) is 0 Å². The Morgan fingerprint density at radius 3 is 2.53 bits per heavy atom. The highest BCUT2D eigenvalue weighted by Crippen LogP contribution is 2.24. The predicted octanol–water partition coefficient (Wildman–Crippen LogP) is 1.56. The maximum atomic E-state index is 12.5. The molecule has 0 bridgehead atoms. The third-order valence-corrected chi connectivity index (χ3v) is 5.41. The van der Waals surface area contributed by atoms with Gasteiger partial charge in [-0.1, -0.05) is 30.3 Å². The van der Waals surface area contributed by atoms with Gasteiger partial charge in [0.05, 0.1) is 4.90 Å². The third kappa shape index (κ3) is 2.25. The molecule has 1 atom stereocenters. The molecule has 0 amide bonds. The van der Waals surface area contributed by atoms with Crippen molar-refractivity contribution in [1.82, 2.24) is 4.31 Å². The number of hydrogen-bond donors (Lipinski definition) is 1. The Morgan fingerprint density at radius 1 is 1.11 bits per heavy atom. The van der Waals surface area contributed by atoms with E-state index in [0.717, 1.165) is 17.2 Å². The first-order valence-electron chi connectivity index (χ1n) is 6.32. The Balaban J connectivity index is 2.03. The van der Waals surface area contributed by atoms with Crippen LogP contribution in [0.15, 0.2) is 47.4 Å². The van der Waals surface area contributed by atoms with Crippen LogP contribution in [0.1, 0.15) is 6.42 Å². The highest BCUT2D eigenvalue weighted by molar-refractivity contribution is 7.89. The van der Waals surface area contributed by atoms with Crippen molar-refractivity contribution in [2.45, 2.75) is 17.4 Å². The van der Waals surface area contributed by atoms with Crippen molar-refractivity contribution in [3.63, 3.8) is 0 Å². The fourth-order valence-electron chi connectivity index (χ4n) is 2.45. The van der Waals surface area contributed by atoms with Gasteiger partial charge in [-0.15, -0.1) is 0 Å². The molecule has 2 aromatic rings. The normalized spacial score (nSPS) is 21.0. The van der Waals surface area contributed by atoms with Crippen LogP contribution in [0.4, 0.5) is 0 Å². The zero-order chi connectivity index (χ0) is 13.5. The first-order chi connectivity index (χ1) is 9.07. The minimum Gasteiger partial charge on any atom is -0.326 e.